The third-order valence-corrected chi connectivity index (χ3v) is 6.50. The summed E-state index contributed by atoms with van der Waals surface area (Å²) in [7, 11) is 0. The number of carbonyl (C=O) groups excluding carboxylic acids is 1. The molecule has 10 heteroatoms. The molecule has 4 rings (SSSR count). The van der Waals surface area contributed by atoms with Crippen molar-refractivity contribution in [3.05, 3.63) is 67.5 Å². The van der Waals surface area contributed by atoms with Gasteiger partial charge in [-0.1, -0.05) is 52.0 Å². The van der Waals surface area contributed by atoms with Crippen LogP contribution in [0.3, 0.4) is 0 Å². The number of thiocarbonyl (C=S) groups is 1. The number of hydrogen-bond acceptors (Lipinski definition) is 7. The summed E-state index contributed by atoms with van der Waals surface area (Å²) in [5.74, 6) is -0.247. The normalized spacial score (nSPS) is 18.4. The number of nitro groups is 1. The zero-order valence-electron chi connectivity index (χ0n) is 15.6. The average Bonchev–Trinajstić information content (AvgIpc) is 3.01. The molecule has 0 radical (unpaired) electrons. The molecular weight excluding hydrogens is 490 g/mol. The van der Waals surface area contributed by atoms with Crippen LogP contribution < -0.4 is 9.80 Å². The van der Waals surface area contributed by atoms with Gasteiger partial charge in [-0.15, -0.1) is 0 Å². The van der Waals surface area contributed by atoms with E-state index in [0.717, 1.165) is 4.47 Å². The van der Waals surface area contributed by atoms with Crippen LogP contribution in [0.5, 0.6) is 0 Å². The molecule has 2 saturated heterocycles. The minimum Gasteiger partial charge on any atom is -0.378 e. The molecule has 1 amide bonds. The smallest absolute Gasteiger partial charge is 0.293 e. The summed E-state index contributed by atoms with van der Waals surface area (Å²) in [6.45, 7) is 2.28. The van der Waals surface area contributed by atoms with Gasteiger partial charge in [-0.25, -0.2) is 0 Å². The quantitative estimate of drug-likeness (QED) is 0.260. The van der Waals surface area contributed by atoms with E-state index in [-0.39, 0.29) is 11.6 Å². The van der Waals surface area contributed by atoms with Crippen LogP contribution in [0.2, 0.25) is 0 Å². The van der Waals surface area contributed by atoms with Gasteiger partial charge in [0.15, 0.2) is 4.32 Å². The molecule has 7 nitrogen and oxygen atoms in total. The second-order valence-corrected chi connectivity index (χ2v) is 9.19. The molecule has 0 saturated carbocycles. The van der Waals surface area contributed by atoms with E-state index < -0.39 is 4.92 Å². The number of halogens is 1. The summed E-state index contributed by atoms with van der Waals surface area (Å²) < 4.78 is 6.59. The largest absolute Gasteiger partial charge is 0.378 e. The van der Waals surface area contributed by atoms with Crippen LogP contribution in [0, 0.1) is 10.1 Å². The molecule has 2 aromatic rings. The fourth-order valence-electron chi connectivity index (χ4n) is 3.31. The predicted molar refractivity (Wildman–Crippen MR) is 126 cm³/mol. The molecule has 0 bridgehead atoms. The van der Waals surface area contributed by atoms with Crippen LogP contribution in [0.4, 0.5) is 17.1 Å². The number of nitrogens with zero attached hydrogens (tertiary/aromatic N) is 3. The first-order valence-corrected chi connectivity index (χ1v) is 11.1. The van der Waals surface area contributed by atoms with Gasteiger partial charge in [0.05, 0.1) is 28.7 Å². The van der Waals surface area contributed by atoms with E-state index in [1.165, 1.54) is 22.7 Å². The van der Waals surface area contributed by atoms with Crippen molar-refractivity contribution in [1.29, 1.82) is 0 Å². The Morgan fingerprint density at radius 1 is 1.20 bits per heavy atom. The lowest BCUT2D eigenvalue weighted by molar-refractivity contribution is -0.384. The minimum absolute atomic E-state index is 0.00752. The highest BCUT2D eigenvalue weighted by atomic mass is 79.9. The second-order valence-electron chi connectivity index (χ2n) is 6.60. The second kappa shape index (κ2) is 8.84. The fourth-order valence-corrected chi connectivity index (χ4v) is 4.99. The molecule has 0 atom stereocenters. The van der Waals surface area contributed by atoms with E-state index in [1.807, 2.05) is 23.1 Å². The Labute approximate surface area is 191 Å². The van der Waals surface area contributed by atoms with Crippen molar-refractivity contribution >= 4 is 73.3 Å². The van der Waals surface area contributed by atoms with Crippen LogP contribution in [0.1, 0.15) is 5.56 Å². The number of anilines is 2. The molecule has 0 aliphatic carbocycles. The SMILES string of the molecule is O=C1/C(=C/c2ccc(N3CCOCC3)c([N+](=O)[O-])c2)SC(=S)N1c1cccc(Br)c1. The number of amides is 1. The van der Waals surface area contributed by atoms with E-state index in [1.54, 1.807) is 24.3 Å². The van der Waals surface area contributed by atoms with Crippen molar-refractivity contribution in [2.24, 2.45) is 0 Å². The van der Waals surface area contributed by atoms with Gasteiger partial charge in [-0.05, 0) is 35.9 Å². The van der Waals surface area contributed by atoms with E-state index in [9.17, 15) is 14.9 Å². The van der Waals surface area contributed by atoms with Crippen molar-refractivity contribution in [2.75, 3.05) is 36.1 Å². The molecule has 2 heterocycles. The highest BCUT2D eigenvalue weighted by Gasteiger charge is 2.33. The molecule has 0 unspecified atom stereocenters. The summed E-state index contributed by atoms with van der Waals surface area (Å²) in [6.07, 6.45) is 1.65. The van der Waals surface area contributed by atoms with Crippen molar-refractivity contribution in [2.45, 2.75) is 0 Å². The Morgan fingerprint density at radius 3 is 2.67 bits per heavy atom. The van der Waals surface area contributed by atoms with Crippen LogP contribution in [-0.4, -0.2) is 41.5 Å². The number of morpholine rings is 1. The first-order chi connectivity index (χ1) is 14.4. The number of rotatable bonds is 4. The van der Waals surface area contributed by atoms with Gasteiger partial charge in [0, 0.05) is 23.6 Å². The Hall–Kier alpha value is -2.27. The minimum atomic E-state index is -0.394. The maximum atomic E-state index is 12.9. The van der Waals surface area contributed by atoms with Gasteiger partial charge < -0.3 is 9.64 Å². The average molecular weight is 506 g/mol. The maximum Gasteiger partial charge on any atom is 0.293 e. The Kier molecular flexibility index (Phi) is 6.19. The number of nitro benzene ring substituents is 1. The molecule has 0 spiro atoms. The summed E-state index contributed by atoms with van der Waals surface area (Å²) in [4.78, 5) is 28.0. The van der Waals surface area contributed by atoms with E-state index in [4.69, 9.17) is 17.0 Å². The number of ether oxygens (including phenoxy) is 1. The molecule has 2 fully saturated rings. The molecule has 2 aliphatic heterocycles. The van der Waals surface area contributed by atoms with Crippen molar-refractivity contribution in [1.82, 2.24) is 0 Å². The molecule has 2 aliphatic rings. The Balaban J connectivity index is 1.64. The lowest BCUT2D eigenvalue weighted by Gasteiger charge is -2.28. The standard InChI is InChI=1S/C20H16BrN3O4S2/c21-14-2-1-3-15(12-14)23-19(25)18(30-20(23)29)11-13-4-5-16(17(10-13)24(26)27)22-6-8-28-9-7-22/h1-5,10-12H,6-9H2/b18-11-. The third kappa shape index (κ3) is 4.27. The van der Waals surface area contributed by atoms with Crippen LogP contribution >= 0.6 is 39.9 Å². The van der Waals surface area contributed by atoms with Gasteiger partial charge in [-0.2, -0.15) is 0 Å². The first-order valence-electron chi connectivity index (χ1n) is 9.09. The fraction of sp³-hybridized carbons (Fsp3) is 0.200. The molecule has 154 valence electrons. The van der Waals surface area contributed by atoms with Crippen LogP contribution in [0.15, 0.2) is 51.8 Å². The van der Waals surface area contributed by atoms with Gasteiger partial charge in [0.1, 0.15) is 5.69 Å². The summed E-state index contributed by atoms with van der Waals surface area (Å²) in [6, 6.07) is 12.3. The first kappa shape index (κ1) is 21.0. The zero-order chi connectivity index (χ0) is 21.3. The number of carbonyl (C=O) groups is 1. The third-order valence-electron chi connectivity index (χ3n) is 4.71. The van der Waals surface area contributed by atoms with Crippen LogP contribution in [-0.2, 0) is 9.53 Å². The summed E-state index contributed by atoms with van der Waals surface area (Å²) >= 11 is 9.98. The zero-order valence-corrected chi connectivity index (χ0v) is 18.8. The lowest BCUT2D eigenvalue weighted by Crippen LogP contribution is -2.36. The van der Waals surface area contributed by atoms with Gasteiger partial charge in [0.2, 0.25) is 0 Å². The predicted octanol–water partition coefficient (Wildman–Crippen LogP) is 4.60. The van der Waals surface area contributed by atoms with Crippen molar-refractivity contribution in [3.8, 4) is 0 Å². The van der Waals surface area contributed by atoms with Gasteiger partial charge >= 0.3 is 0 Å². The number of hydrogen-bond donors (Lipinski definition) is 0. The molecule has 2 aromatic carbocycles. The Bertz CT molecular complexity index is 1070. The number of thioether (sulfide) groups is 1. The van der Waals surface area contributed by atoms with Crippen molar-refractivity contribution < 1.29 is 14.5 Å². The summed E-state index contributed by atoms with van der Waals surface area (Å²) in [5, 5.41) is 11.7. The molecular formula is C20H16BrN3O4S2. The van der Waals surface area contributed by atoms with E-state index >= 15 is 0 Å². The highest BCUT2D eigenvalue weighted by Crippen LogP contribution is 2.38. The molecule has 30 heavy (non-hydrogen) atoms. The van der Waals surface area contributed by atoms with Gasteiger partial charge in [-0.3, -0.25) is 19.8 Å². The highest BCUT2D eigenvalue weighted by molar-refractivity contribution is 9.10. The van der Waals surface area contributed by atoms with Gasteiger partial charge in [0.25, 0.3) is 11.6 Å². The molecule has 0 N–H and O–H groups in total. The Morgan fingerprint density at radius 2 is 1.97 bits per heavy atom. The summed E-state index contributed by atoms with van der Waals surface area (Å²) in [5.41, 5.74) is 1.81. The number of benzene rings is 2. The monoisotopic (exact) mass is 505 g/mol. The van der Waals surface area contributed by atoms with E-state index in [0.29, 0.717) is 52.5 Å². The van der Waals surface area contributed by atoms with Crippen LogP contribution in [0.25, 0.3) is 6.08 Å². The topological polar surface area (TPSA) is 75.9 Å². The lowest BCUT2D eigenvalue weighted by atomic mass is 10.1. The van der Waals surface area contributed by atoms with E-state index in [2.05, 4.69) is 15.9 Å². The molecule has 0 aromatic heterocycles. The maximum absolute atomic E-state index is 12.9. The van der Waals surface area contributed by atoms with Crippen molar-refractivity contribution in [3.63, 3.8) is 0 Å².